The molecule has 3 heterocycles. The van der Waals surface area contributed by atoms with E-state index in [2.05, 4.69) is 31.5 Å². The van der Waals surface area contributed by atoms with Crippen LogP contribution in [0.3, 0.4) is 0 Å². The van der Waals surface area contributed by atoms with Gasteiger partial charge in [-0.15, -0.1) is 10.2 Å². The first-order chi connectivity index (χ1) is 13.7. The SMILES string of the molecule is Fc1ccc(F)c(-c2ccc(N[C@H]3[C@@H]4CN(Cc5ccccn5)C[C@@H]43)nn2)c1. The van der Waals surface area contributed by atoms with Crippen molar-refractivity contribution < 1.29 is 8.78 Å². The Morgan fingerprint density at radius 2 is 1.86 bits per heavy atom. The lowest BCUT2D eigenvalue weighted by Gasteiger charge is -2.19. The van der Waals surface area contributed by atoms with Gasteiger partial charge >= 0.3 is 0 Å². The molecule has 0 spiro atoms. The number of nitrogens with zero attached hydrogens (tertiary/aromatic N) is 4. The molecule has 28 heavy (non-hydrogen) atoms. The number of pyridine rings is 1. The van der Waals surface area contributed by atoms with Gasteiger partial charge in [0, 0.05) is 37.4 Å². The van der Waals surface area contributed by atoms with Crippen molar-refractivity contribution in [1.29, 1.82) is 0 Å². The summed E-state index contributed by atoms with van der Waals surface area (Å²) in [4.78, 5) is 6.82. The molecule has 5 rings (SSSR count). The fraction of sp³-hybridized carbons (Fsp3) is 0.286. The summed E-state index contributed by atoms with van der Waals surface area (Å²) in [5.74, 6) is 0.857. The van der Waals surface area contributed by atoms with Crippen molar-refractivity contribution in [1.82, 2.24) is 20.1 Å². The Bertz CT molecular complexity index is 968. The monoisotopic (exact) mass is 379 g/mol. The molecule has 1 saturated heterocycles. The van der Waals surface area contributed by atoms with Gasteiger partial charge in [0.2, 0.25) is 0 Å². The Morgan fingerprint density at radius 1 is 1.00 bits per heavy atom. The van der Waals surface area contributed by atoms with Gasteiger partial charge < -0.3 is 5.32 Å². The predicted molar refractivity (Wildman–Crippen MR) is 101 cm³/mol. The minimum Gasteiger partial charge on any atom is -0.365 e. The maximum absolute atomic E-state index is 13.9. The van der Waals surface area contributed by atoms with E-state index in [1.807, 2.05) is 18.3 Å². The van der Waals surface area contributed by atoms with Crippen molar-refractivity contribution in [3.8, 4) is 11.3 Å². The highest BCUT2D eigenvalue weighted by molar-refractivity contribution is 5.60. The number of hydrogen-bond donors (Lipinski definition) is 1. The summed E-state index contributed by atoms with van der Waals surface area (Å²) in [6.45, 7) is 2.96. The summed E-state index contributed by atoms with van der Waals surface area (Å²) in [5, 5.41) is 11.6. The van der Waals surface area contributed by atoms with Crippen LogP contribution in [0.5, 0.6) is 0 Å². The van der Waals surface area contributed by atoms with Gasteiger partial charge in [-0.1, -0.05) is 6.07 Å². The molecule has 2 fully saturated rings. The number of benzene rings is 1. The van der Waals surface area contributed by atoms with Gasteiger partial charge in [-0.25, -0.2) is 8.78 Å². The number of hydrogen-bond acceptors (Lipinski definition) is 5. The van der Waals surface area contributed by atoms with E-state index in [0.717, 1.165) is 43.5 Å². The molecule has 2 aromatic heterocycles. The largest absolute Gasteiger partial charge is 0.365 e. The smallest absolute Gasteiger partial charge is 0.148 e. The van der Waals surface area contributed by atoms with Gasteiger partial charge in [0.1, 0.15) is 17.5 Å². The van der Waals surface area contributed by atoms with Crippen LogP contribution in [0, 0.1) is 23.5 Å². The molecule has 7 heteroatoms. The van der Waals surface area contributed by atoms with Gasteiger partial charge in [0.05, 0.1) is 11.4 Å². The first-order valence-corrected chi connectivity index (χ1v) is 9.35. The van der Waals surface area contributed by atoms with E-state index in [-0.39, 0.29) is 5.56 Å². The molecule has 1 aliphatic carbocycles. The number of nitrogens with one attached hydrogen (secondary N) is 1. The summed E-state index contributed by atoms with van der Waals surface area (Å²) < 4.78 is 27.2. The number of anilines is 1. The molecule has 0 unspecified atom stereocenters. The topological polar surface area (TPSA) is 53.9 Å². The van der Waals surface area contributed by atoms with Gasteiger partial charge in [-0.05, 0) is 54.3 Å². The molecule has 2 aliphatic rings. The van der Waals surface area contributed by atoms with Gasteiger partial charge in [0.15, 0.2) is 0 Å². The van der Waals surface area contributed by atoms with Crippen molar-refractivity contribution in [3.05, 3.63) is 72.1 Å². The lowest BCUT2D eigenvalue weighted by atomic mass is 10.1. The molecule has 5 nitrogen and oxygen atoms in total. The van der Waals surface area contributed by atoms with Crippen LogP contribution in [-0.4, -0.2) is 39.2 Å². The number of likely N-dealkylation sites (tertiary alicyclic amines) is 1. The molecule has 0 amide bonds. The predicted octanol–water partition coefficient (Wildman–Crippen LogP) is 3.36. The third kappa shape index (κ3) is 3.33. The second kappa shape index (κ2) is 6.91. The van der Waals surface area contributed by atoms with Gasteiger partial charge in [-0.2, -0.15) is 0 Å². The van der Waals surface area contributed by atoms with Crippen LogP contribution in [0.4, 0.5) is 14.6 Å². The Morgan fingerprint density at radius 3 is 2.57 bits per heavy atom. The van der Waals surface area contributed by atoms with E-state index < -0.39 is 11.6 Å². The standard InChI is InChI=1S/C21H19F2N5/c22-13-4-5-18(23)15(9-13)19-6-7-20(27-26-19)25-21-16-11-28(12-17(16)21)10-14-3-1-2-8-24-14/h1-9,16-17,21H,10-12H2,(H,25,27)/t16-,17+,21+. The quantitative estimate of drug-likeness (QED) is 0.737. The van der Waals surface area contributed by atoms with E-state index in [4.69, 9.17) is 0 Å². The maximum Gasteiger partial charge on any atom is 0.148 e. The first-order valence-electron chi connectivity index (χ1n) is 9.35. The highest BCUT2D eigenvalue weighted by atomic mass is 19.1. The average Bonchev–Trinajstić information content (AvgIpc) is 3.15. The normalized spacial score (nSPS) is 23.4. The van der Waals surface area contributed by atoms with Crippen molar-refractivity contribution in [2.45, 2.75) is 12.6 Å². The summed E-state index contributed by atoms with van der Waals surface area (Å²) >= 11 is 0. The molecule has 1 aromatic carbocycles. The van der Waals surface area contributed by atoms with E-state index >= 15 is 0 Å². The zero-order chi connectivity index (χ0) is 19.1. The van der Waals surface area contributed by atoms with Crippen molar-refractivity contribution >= 4 is 5.82 Å². The number of piperidine rings is 1. The van der Waals surface area contributed by atoms with Crippen LogP contribution in [0.15, 0.2) is 54.7 Å². The highest BCUT2D eigenvalue weighted by Crippen LogP contribution is 2.47. The van der Waals surface area contributed by atoms with Crippen molar-refractivity contribution in [2.24, 2.45) is 11.8 Å². The first kappa shape index (κ1) is 17.2. The Hall–Kier alpha value is -2.93. The fourth-order valence-electron chi connectivity index (χ4n) is 4.10. The summed E-state index contributed by atoms with van der Waals surface area (Å²) in [6, 6.07) is 13.1. The maximum atomic E-state index is 13.9. The molecule has 1 saturated carbocycles. The Labute approximate surface area is 161 Å². The van der Waals surface area contributed by atoms with Gasteiger partial charge in [0.25, 0.3) is 0 Å². The summed E-state index contributed by atoms with van der Waals surface area (Å²) in [6.07, 6.45) is 1.83. The minimum absolute atomic E-state index is 0.118. The lowest BCUT2D eigenvalue weighted by molar-refractivity contribution is 0.289. The van der Waals surface area contributed by atoms with Crippen LogP contribution in [0.25, 0.3) is 11.3 Å². The molecule has 1 N–H and O–H groups in total. The summed E-state index contributed by atoms with van der Waals surface area (Å²) in [5.41, 5.74) is 1.53. The number of aromatic nitrogens is 3. The molecular formula is C21H19F2N5. The molecule has 3 atom stereocenters. The minimum atomic E-state index is -0.513. The molecule has 1 aliphatic heterocycles. The van der Waals surface area contributed by atoms with Crippen molar-refractivity contribution in [2.75, 3.05) is 18.4 Å². The van der Waals surface area contributed by atoms with Crippen LogP contribution < -0.4 is 5.32 Å². The molecule has 142 valence electrons. The van der Waals surface area contributed by atoms with Crippen LogP contribution >= 0.6 is 0 Å². The molecule has 0 bridgehead atoms. The second-order valence-corrected chi connectivity index (χ2v) is 7.44. The van der Waals surface area contributed by atoms with Crippen LogP contribution in [-0.2, 0) is 6.54 Å². The van der Waals surface area contributed by atoms with E-state index in [1.54, 1.807) is 12.1 Å². The molecule has 0 radical (unpaired) electrons. The van der Waals surface area contributed by atoms with Crippen molar-refractivity contribution in [3.63, 3.8) is 0 Å². The number of halogens is 2. The molecule has 3 aromatic rings. The third-order valence-corrected chi connectivity index (χ3v) is 5.56. The number of fused-ring (bicyclic) bond motifs is 1. The lowest BCUT2D eigenvalue weighted by Crippen LogP contribution is -2.28. The van der Waals surface area contributed by atoms with Gasteiger partial charge in [-0.3, -0.25) is 9.88 Å². The fourth-order valence-corrected chi connectivity index (χ4v) is 4.10. The van der Waals surface area contributed by atoms with Crippen LogP contribution in [0.2, 0.25) is 0 Å². The molecular weight excluding hydrogens is 360 g/mol. The van der Waals surface area contributed by atoms with Crippen LogP contribution in [0.1, 0.15) is 5.69 Å². The van der Waals surface area contributed by atoms with E-state index in [0.29, 0.717) is 29.4 Å². The zero-order valence-corrected chi connectivity index (χ0v) is 15.1. The summed E-state index contributed by atoms with van der Waals surface area (Å²) in [7, 11) is 0. The highest BCUT2D eigenvalue weighted by Gasteiger charge is 2.55. The van der Waals surface area contributed by atoms with E-state index in [1.165, 1.54) is 0 Å². The number of rotatable bonds is 5. The average molecular weight is 379 g/mol. The third-order valence-electron chi connectivity index (χ3n) is 5.56. The van der Waals surface area contributed by atoms with E-state index in [9.17, 15) is 8.78 Å². The Balaban J connectivity index is 1.18. The second-order valence-electron chi connectivity index (χ2n) is 7.44. The zero-order valence-electron chi connectivity index (χ0n) is 15.1. The Kier molecular flexibility index (Phi) is 4.24.